The Labute approximate surface area is 77.8 Å². The van der Waals surface area contributed by atoms with Crippen LogP contribution in [0.25, 0.3) is 0 Å². The summed E-state index contributed by atoms with van der Waals surface area (Å²) >= 11 is 0. The minimum Gasteiger partial charge on any atom is -1.00 e. The van der Waals surface area contributed by atoms with E-state index in [0.29, 0.717) is 0 Å². The van der Waals surface area contributed by atoms with Crippen molar-refractivity contribution in [3.8, 4) is 0 Å². The van der Waals surface area contributed by atoms with Crippen molar-refractivity contribution in [2.24, 2.45) is 0 Å². The number of piperidine rings is 1. The van der Waals surface area contributed by atoms with Crippen LogP contribution in [0.5, 0.6) is 0 Å². The van der Waals surface area contributed by atoms with Gasteiger partial charge in [-0.05, 0) is 25.9 Å². The molecule has 0 saturated carbocycles. The number of rotatable bonds is 0. The molecule has 0 atom stereocenters. The molecule has 0 aromatic rings. The Morgan fingerprint density at radius 1 is 1.00 bits per heavy atom. The SMILES string of the molecule is C1CCNCC1.[Ca+2].[H-].[H-]. The van der Waals surface area contributed by atoms with Gasteiger partial charge in [-0.2, -0.15) is 0 Å². The summed E-state index contributed by atoms with van der Waals surface area (Å²) in [5, 5.41) is 3.28. The van der Waals surface area contributed by atoms with Gasteiger partial charge in [0.15, 0.2) is 0 Å². The van der Waals surface area contributed by atoms with Gasteiger partial charge in [0.1, 0.15) is 0 Å². The average molecular weight is 127 g/mol. The van der Waals surface area contributed by atoms with Crippen LogP contribution in [0, 0.1) is 0 Å². The van der Waals surface area contributed by atoms with Crippen LogP contribution in [0.3, 0.4) is 0 Å². The molecule has 1 saturated heterocycles. The third-order valence-corrected chi connectivity index (χ3v) is 1.21. The minimum atomic E-state index is 0. The first-order valence-corrected chi connectivity index (χ1v) is 2.71. The second-order valence-electron chi connectivity index (χ2n) is 1.81. The summed E-state index contributed by atoms with van der Waals surface area (Å²) in [6, 6.07) is 0. The van der Waals surface area contributed by atoms with Crippen molar-refractivity contribution in [1.29, 1.82) is 0 Å². The molecule has 7 heavy (non-hydrogen) atoms. The molecule has 1 heterocycles. The molecule has 0 aromatic carbocycles. The summed E-state index contributed by atoms with van der Waals surface area (Å²) in [7, 11) is 0. The van der Waals surface area contributed by atoms with E-state index >= 15 is 0 Å². The van der Waals surface area contributed by atoms with Crippen LogP contribution >= 0.6 is 0 Å². The van der Waals surface area contributed by atoms with Crippen molar-refractivity contribution in [2.45, 2.75) is 19.3 Å². The molecule has 1 fully saturated rings. The second kappa shape index (κ2) is 5.36. The predicted molar refractivity (Wildman–Crippen MR) is 34.7 cm³/mol. The van der Waals surface area contributed by atoms with Gasteiger partial charge < -0.3 is 8.17 Å². The van der Waals surface area contributed by atoms with Gasteiger partial charge in [-0.3, -0.25) is 0 Å². The van der Waals surface area contributed by atoms with Gasteiger partial charge in [0.2, 0.25) is 0 Å². The average Bonchev–Trinajstić information content (AvgIpc) is 1.72. The van der Waals surface area contributed by atoms with E-state index in [9.17, 15) is 0 Å². The summed E-state index contributed by atoms with van der Waals surface area (Å²) in [6.45, 7) is 2.50. The molecule has 0 unspecified atom stereocenters. The smallest absolute Gasteiger partial charge is 1.00 e. The summed E-state index contributed by atoms with van der Waals surface area (Å²) in [4.78, 5) is 0. The molecule has 0 amide bonds. The van der Waals surface area contributed by atoms with Crippen molar-refractivity contribution >= 4 is 37.7 Å². The normalized spacial score (nSPS) is 20.6. The standard InChI is InChI=1S/C5H11N.Ca.2H/c1-2-4-6-5-3-1;;;/h6H,1-5H2;;;/q;+2;2*-1. The Balaban J connectivity index is -0.000000120. The first-order chi connectivity index (χ1) is 3.00. The summed E-state index contributed by atoms with van der Waals surface area (Å²) in [6.07, 6.45) is 4.22. The molecule has 0 bridgehead atoms. The number of hydrogen-bond acceptors (Lipinski definition) is 1. The summed E-state index contributed by atoms with van der Waals surface area (Å²) in [5.41, 5.74) is 0. The quantitative estimate of drug-likeness (QED) is 0.470. The minimum absolute atomic E-state index is 0. The van der Waals surface area contributed by atoms with Crippen LogP contribution in [-0.2, 0) is 0 Å². The monoisotopic (exact) mass is 127 g/mol. The molecule has 0 aromatic heterocycles. The van der Waals surface area contributed by atoms with Gasteiger partial charge in [0.25, 0.3) is 0 Å². The number of hydrogen-bond donors (Lipinski definition) is 1. The zero-order valence-electron chi connectivity index (χ0n) is 6.74. The van der Waals surface area contributed by atoms with Crippen molar-refractivity contribution in [3.05, 3.63) is 0 Å². The molecule has 40 valence electrons. The molecule has 1 N–H and O–H groups in total. The summed E-state index contributed by atoms with van der Waals surface area (Å²) < 4.78 is 0. The predicted octanol–water partition coefficient (Wildman–Crippen LogP) is 0.604. The van der Waals surface area contributed by atoms with Crippen LogP contribution in [0.15, 0.2) is 0 Å². The summed E-state index contributed by atoms with van der Waals surface area (Å²) in [5.74, 6) is 0. The fraction of sp³-hybridized carbons (Fsp3) is 1.00. The van der Waals surface area contributed by atoms with E-state index in [1.807, 2.05) is 0 Å². The van der Waals surface area contributed by atoms with E-state index in [-0.39, 0.29) is 40.6 Å². The van der Waals surface area contributed by atoms with Gasteiger partial charge in [-0.1, -0.05) is 6.42 Å². The second-order valence-corrected chi connectivity index (χ2v) is 1.81. The van der Waals surface area contributed by atoms with Crippen molar-refractivity contribution in [1.82, 2.24) is 5.32 Å². The first-order valence-electron chi connectivity index (χ1n) is 2.71. The maximum absolute atomic E-state index is 3.28. The Morgan fingerprint density at radius 3 is 1.71 bits per heavy atom. The molecule has 0 aliphatic carbocycles. The molecule has 1 aliphatic heterocycles. The van der Waals surface area contributed by atoms with Crippen LogP contribution in [-0.4, -0.2) is 50.8 Å². The molecule has 0 radical (unpaired) electrons. The molecule has 2 heteroatoms. The van der Waals surface area contributed by atoms with Crippen LogP contribution in [0.1, 0.15) is 22.1 Å². The molecular formula is C5H13CaN. The van der Waals surface area contributed by atoms with Crippen LogP contribution in [0.4, 0.5) is 0 Å². The Morgan fingerprint density at radius 2 is 1.57 bits per heavy atom. The van der Waals surface area contributed by atoms with Crippen LogP contribution in [0.2, 0.25) is 0 Å². The first kappa shape index (κ1) is 8.22. The van der Waals surface area contributed by atoms with E-state index in [1.54, 1.807) is 0 Å². The zero-order chi connectivity index (χ0) is 4.24. The molecular weight excluding hydrogens is 114 g/mol. The van der Waals surface area contributed by atoms with Crippen LogP contribution < -0.4 is 5.32 Å². The van der Waals surface area contributed by atoms with Gasteiger partial charge in [-0.15, -0.1) is 0 Å². The largest absolute Gasteiger partial charge is 2.00 e. The van der Waals surface area contributed by atoms with E-state index in [4.69, 9.17) is 0 Å². The van der Waals surface area contributed by atoms with Gasteiger partial charge >= 0.3 is 37.7 Å². The van der Waals surface area contributed by atoms with E-state index in [0.717, 1.165) is 0 Å². The topological polar surface area (TPSA) is 12.0 Å². The Hall–Kier alpha value is 1.22. The Bertz CT molecular complexity index is 30.4. The molecule has 1 rings (SSSR count). The van der Waals surface area contributed by atoms with Gasteiger partial charge in [0, 0.05) is 0 Å². The third-order valence-electron chi connectivity index (χ3n) is 1.21. The third kappa shape index (κ3) is 3.77. The van der Waals surface area contributed by atoms with Gasteiger partial charge in [0.05, 0.1) is 0 Å². The Kier molecular flexibility index (Phi) is 6.29. The zero-order valence-corrected chi connectivity index (χ0v) is 6.95. The molecule has 0 spiro atoms. The maximum Gasteiger partial charge on any atom is 2.00 e. The molecule has 1 aliphatic rings. The van der Waals surface area contributed by atoms with Crippen molar-refractivity contribution < 1.29 is 2.85 Å². The van der Waals surface area contributed by atoms with E-state index < -0.39 is 0 Å². The number of nitrogens with one attached hydrogen (secondary N) is 1. The maximum atomic E-state index is 3.28. The molecule has 1 nitrogen and oxygen atoms in total. The van der Waals surface area contributed by atoms with E-state index in [1.165, 1.54) is 32.4 Å². The van der Waals surface area contributed by atoms with E-state index in [2.05, 4.69) is 5.32 Å². The van der Waals surface area contributed by atoms with Gasteiger partial charge in [-0.25, -0.2) is 0 Å². The van der Waals surface area contributed by atoms with Crippen molar-refractivity contribution in [2.75, 3.05) is 13.1 Å². The fourth-order valence-electron chi connectivity index (χ4n) is 0.802. The fourth-order valence-corrected chi connectivity index (χ4v) is 0.802. The van der Waals surface area contributed by atoms with Crippen molar-refractivity contribution in [3.63, 3.8) is 0 Å².